The second-order valence-corrected chi connectivity index (χ2v) is 6.25. The molecule has 0 unspecified atom stereocenters. The molecule has 0 fully saturated rings. The first kappa shape index (κ1) is 22.7. The van der Waals surface area contributed by atoms with E-state index in [2.05, 4.69) is 22.5 Å². The normalized spacial score (nSPS) is 11.1. The number of nitrogens with one attached hydrogen (secondary N) is 2. The van der Waals surface area contributed by atoms with E-state index in [0.29, 0.717) is 6.61 Å². The number of hydrogen-bond acceptors (Lipinski definition) is 5. The van der Waals surface area contributed by atoms with Crippen LogP contribution in [0.15, 0.2) is 60.8 Å². The first-order valence-corrected chi connectivity index (χ1v) is 10.3. The van der Waals surface area contributed by atoms with Crippen LogP contribution in [0, 0.1) is 0 Å². The Morgan fingerprint density at radius 3 is 2.52 bits per heavy atom. The maximum Gasteiger partial charge on any atom is 0.187 e. The maximum absolute atomic E-state index is 5.67. The second-order valence-electron chi connectivity index (χ2n) is 5.19. The molecule has 0 bridgehead atoms. The number of allylic oxidation sites excluding steroid dienone is 5. The zero-order chi connectivity index (χ0) is 19.7. The largest absolute Gasteiger partial charge is 0.492 e. The van der Waals surface area contributed by atoms with Crippen LogP contribution in [-0.4, -0.2) is 24.7 Å². The predicted octanol–water partition coefficient (Wildman–Crippen LogP) is 6.05. The van der Waals surface area contributed by atoms with Crippen molar-refractivity contribution in [3.8, 4) is 5.75 Å². The molecule has 0 aliphatic heterocycles. The van der Waals surface area contributed by atoms with Crippen LogP contribution in [0.1, 0.15) is 32.6 Å². The average Bonchev–Trinajstić information content (AvgIpc) is 3.15. The zero-order valence-electron chi connectivity index (χ0n) is 16.7. The minimum atomic E-state index is 0.672. The lowest BCUT2D eigenvalue weighted by Crippen LogP contribution is -2.20. The Morgan fingerprint density at radius 2 is 1.81 bits per heavy atom. The Morgan fingerprint density at radius 1 is 1.07 bits per heavy atom. The highest BCUT2D eigenvalue weighted by Crippen LogP contribution is 2.24. The van der Waals surface area contributed by atoms with Crippen LogP contribution in [-0.2, 0) is 0 Å². The van der Waals surface area contributed by atoms with Gasteiger partial charge in [0.15, 0.2) is 5.13 Å². The molecule has 5 heteroatoms. The van der Waals surface area contributed by atoms with E-state index in [9.17, 15) is 0 Å². The molecule has 0 aliphatic rings. The van der Waals surface area contributed by atoms with E-state index in [-0.39, 0.29) is 0 Å². The van der Waals surface area contributed by atoms with E-state index < -0.39 is 0 Å². The minimum absolute atomic E-state index is 0.672. The first-order valence-electron chi connectivity index (χ1n) is 9.44. The fraction of sp³-hybridized carbons (Fsp3) is 0.318. The number of hydrogen-bond donors (Lipinski definition) is 2. The van der Waals surface area contributed by atoms with Crippen LogP contribution in [0.3, 0.4) is 0 Å². The number of anilines is 2. The van der Waals surface area contributed by atoms with Crippen molar-refractivity contribution in [1.29, 1.82) is 0 Å². The number of rotatable bonds is 10. The van der Waals surface area contributed by atoms with Crippen molar-refractivity contribution in [2.45, 2.75) is 27.7 Å². The van der Waals surface area contributed by atoms with Gasteiger partial charge in [-0.05, 0) is 43.8 Å². The third-order valence-electron chi connectivity index (χ3n) is 3.21. The Balaban J connectivity index is 0.00000176. The number of likely N-dealkylation sites (N-methyl/N-ethyl adjacent to an activating group) is 1. The molecule has 0 radical (unpaired) electrons. The molecule has 1 aromatic heterocycles. The minimum Gasteiger partial charge on any atom is -0.492 e. The van der Waals surface area contributed by atoms with E-state index in [1.165, 1.54) is 0 Å². The highest BCUT2D eigenvalue weighted by Gasteiger charge is 2.01. The summed E-state index contributed by atoms with van der Waals surface area (Å²) in [5.74, 6) is 0.874. The van der Waals surface area contributed by atoms with Crippen molar-refractivity contribution in [3.63, 3.8) is 0 Å². The summed E-state index contributed by atoms with van der Waals surface area (Å²) in [6, 6.07) is 7.93. The van der Waals surface area contributed by atoms with E-state index >= 15 is 0 Å². The Kier molecular flexibility index (Phi) is 12.4. The predicted molar refractivity (Wildman–Crippen MR) is 120 cm³/mol. The van der Waals surface area contributed by atoms with Crippen molar-refractivity contribution in [3.05, 3.63) is 65.7 Å². The zero-order valence-corrected chi connectivity index (χ0v) is 17.6. The van der Waals surface area contributed by atoms with Crippen molar-refractivity contribution < 1.29 is 4.74 Å². The van der Waals surface area contributed by atoms with Crippen LogP contribution < -0.4 is 15.4 Å². The maximum atomic E-state index is 5.67. The fourth-order valence-electron chi connectivity index (χ4n) is 1.99. The van der Waals surface area contributed by atoms with Gasteiger partial charge < -0.3 is 15.4 Å². The van der Waals surface area contributed by atoms with Crippen molar-refractivity contribution in [2.24, 2.45) is 0 Å². The molecule has 2 rings (SSSR count). The van der Waals surface area contributed by atoms with Gasteiger partial charge in [-0.1, -0.05) is 62.5 Å². The number of thiazole rings is 1. The van der Waals surface area contributed by atoms with Gasteiger partial charge in [-0.2, -0.15) is 0 Å². The molecule has 2 aromatic rings. The molecular formula is C22H31N3OS. The smallest absolute Gasteiger partial charge is 0.187 e. The molecule has 27 heavy (non-hydrogen) atoms. The van der Waals surface area contributed by atoms with Crippen LogP contribution in [0.4, 0.5) is 10.8 Å². The molecule has 4 nitrogen and oxygen atoms in total. The summed E-state index contributed by atoms with van der Waals surface area (Å²) in [5.41, 5.74) is 0.997. The Bertz CT molecular complexity index is 703. The lowest BCUT2D eigenvalue weighted by atomic mass is 10.3. The number of aromatic nitrogens is 1. The molecule has 0 aliphatic carbocycles. The van der Waals surface area contributed by atoms with Crippen LogP contribution in [0.25, 0.3) is 6.08 Å². The average molecular weight is 386 g/mol. The summed E-state index contributed by atoms with van der Waals surface area (Å²) in [6.45, 7) is 10.6. The summed E-state index contributed by atoms with van der Waals surface area (Å²) < 4.78 is 5.67. The second kappa shape index (κ2) is 14.8. The molecule has 0 saturated heterocycles. The van der Waals surface area contributed by atoms with E-state index in [1.807, 2.05) is 87.7 Å². The molecule has 0 saturated carbocycles. The number of benzene rings is 1. The Hall–Kier alpha value is -2.37. The van der Waals surface area contributed by atoms with E-state index in [0.717, 1.165) is 34.5 Å². The molecular weight excluding hydrogens is 354 g/mol. The van der Waals surface area contributed by atoms with Gasteiger partial charge in [0.05, 0.1) is 0 Å². The van der Waals surface area contributed by atoms with E-state index in [1.54, 1.807) is 11.3 Å². The molecule has 2 N–H and O–H groups in total. The van der Waals surface area contributed by atoms with Crippen molar-refractivity contribution in [2.75, 3.05) is 25.0 Å². The third-order valence-corrected chi connectivity index (χ3v) is 4.09. The van der Waals surface area contributed by atoms with Crippen molar-refractivity contribution >= 4 is 28.2 Å². The quantitative estimate of drug-likeness (QED) is 0.386. The van der Waals surface area contributed by atoms with Crippen LogP contribution >= 0.6 is 11.3 Å². The first-order chi connectivity index (χ1) is 13.3. The highest BCUT2D eigenvalue weighted by molar-refractivity contribution is 7.16. The van der Waals surface area contributed by atoms with Gasteiger partial charge in [-0.15, -0.1) is 0 Å². The fourth-order valence-corrected chi connectivity index (χ4v) is 2.74. The van der Waals surface area contributed by atoms with Crippen LogP contribution in [0.5, 0.6) is 5.75 Å². The molecule has 0 atom stereocenters. The molecule has 1 heterocycles. The van der Waals surface area contributed by atoms with Gasteiger partial charge in [0.2, 0.25) is 0 Å². The molecule has 0 amide bonds. The van der Waals surface area contributed by atoms with Gasteiger partial charge in [-0.3, -0.25) is 0 Å². The molecule has 146 valence electrons. The Labute approximate surface area is 167 Å². The number of nitrogens with zero attached hydrogens (tertiary/aromatic N) is 1. The van der Waals surface area contributed by atoms with Gasteiger partial charge in [0.25, 0.3) is 0 Å². The summed E-state index contributed by atoms with van der Waals surface area (Å²) >= 11 is 1.61. The van der Waals surface area contributed by atoms with Gasteiger partial charge >= 0.3 is 0 Å². The lowest BCUT2D eigenvalue weighted by Gasteiger charge is -2.07. The lowest BCUT2D eigenvalue weighted by molar-refractivity contribution is 0.315. The highest BCUT2D eigenvalue weighted by atomic mass is 32.1. The van der Waals surface area contributed by atoms with Crippen molar-refractivity contribution in [1.82, 2.24) is 10.3 Å². The summed E-state index contributed by atoms with van der Waals surface area (Å²) in [6.07, 6.45) is 13.9. The summed E-state index contributed by atoms with van der Waals surface area (Å²) in [5, 5.41) is 7.42. The van der Waals surface area contributed by atoms with E-state index in [4.69, 9.17) is 4.74 Å². The molecule has 0 spiro atoms. The van der Waals surface area contributed by atoms with Gasteiger partial charge in [-0.25, -0.2) is 4.98 Å². The summed E-state index contributed by atoms with van der Waals surface area (Å²) in [4.78, 5) is 5.51. The molecule has 1 aromatic carbocycles. The topological polar surface area (TPSA) is 46.2 Å². The SMILES string of the molecule is CC.C\C=C/C=C\C=C\c1cnc(Nc2ccc(OCCNCC)cc2)s1. The standard InChI is InChI=1S/C20H25N3OS.C2H6/c1-3-5-6-7-8-9-19-16-22-20(25-19)23-17-10-12-18(13-11-17)24-15-14-21-4-2;1-2/h3,5-13,16,21H,4,14-15H2,1-2H3,(H,22,23);1-2H3/b5-3-,7-6-,9-8+;. The number of ether oxygens (including phenoxy) is 1. The van der Waals surface area contributed by atoms with Gasteiger partial charge in [0, 0.05) is 23.3 Å². The monoisotopic (exact) mass is 385 g/mol. The van der Waals surface area contributed by atoms with Crippen LogP contribution in [0.2, 0.25) is 0 Å². The third kappa shape index (κ3) is 9.78. The van der Waals surface area contributed by atoms with Gasteiger partial charge in [0.1, 0.15) is 12.4 Å². The summed E-state index contributed by atoms with van der Waals surface area (Å²) in [7, 11) is 0.